The van der Waals surface area contributed by atoms with Gasteiger partial charge in [-0.1, -0.05) is 0 Å². The molecule has 0 radical (unpaired) electrons. The summed E-state index contributed by atoms with van der Waals surface area (Å²) in [5.74, 6) is 0.594. The molecule has 3 N–H and O–H groups in total. The number of aromatic nitrogens is 1. The van der Waals surface area contributed by atoms with E-state index in [-0.39, 0.29) is 5.11 Å². The zero-order valence-electron chi connectivity index (χ0n) is 7.28. The summed E-state index contributed by atoms with van der Waals surface area (Å²) < 4.78 is 5.16. The number of nitrogens with two attached hydrogens (primary N) is 1. The maximum atomic E-state index is 5.28. The molecule has 1 heterocycles. The van der Waals surface area contributed by atoms with E-state index >= 15 is 0 Å². The third-order valence-electron chi connectivity index (χ3n) is 1.30. The minimum Gasteiger partial charge on any atom is -0.478 e. The maximum Gasteiger partial charge on any atom is 0.213 e. The third-order valence-corrected chi connectivity index (χ3v) is 1.40. The van der Waals surface area contributed by atoms with Crippen LogP contribution in [-0.2, 0) is 0 Å². The molecule has 0 fully saturated rings. The van der Waals surface area contributed by atoms with E-state index in [1.165, 1.54) is 0 Å². The van der Waals surface area contributed by atoms with Crippen LogP contribution in [0.25, 0.3) is 0 Å². The first kappa shape index (κ1) is 9.73. The van der Waals surface area contributed by atoms with Crippen molar-refractivity contribution in [1.82, 2.24) is 4.98 Å². The third kappa shape index (κ3) is 3.25. The highest BCUT2D eigenvalue weighted by Crippen LogP contribution is 2.10. The minimum absolute atomic E-state index is 0.228. The van der Waals surface area contributed by atoms with Gasteiger partial charge in [-0.05, 0) is 25.2 Å². The molecule has 5 heteroatoms. The largest absolute Gasteiger partial charge is 0.478 e. The Labute approximate surface area is 82.1 Å². The molecule has 0 aliphatic rings. The lowest BCUT2D eigenvalue weighted by molar-refractivity contribution is 0.327. The number of hydrogen-bond donors (Lipinski definition) is 2. The molecule has 1 aromatic heterocycles. The number of nitrogens with one attached hydrogen (secondary N) is 1. The summed E-state index contributed by atoms with van der Waals surface area (Å²) in [6.07, 6.45) is 1.62. The van der Waals surface area contributed by atoms with Crippen molar-refractivity contribution in [2.24, 2.45) is 5.73 Å². The molecule has 0 bridgehead atoms. The maximum absolute atomic E-state index is 5.28. The van der Waals surface area contributed by atoms with Gasteiger partial charge in [-0.2, -0.15) is 0 Å². The van der Waals surface area contributed by atoms with Crippen LogP contribution in [0.2, 0.25) is 0 Å². The van der Waals surface area contributed by atoms with Crippen LogP contribution in [0.5, 0.6) is 5.88 Å². The lowest BCUT2D eigenvalue weighted by Gasteiger charge is -2.04. The summed E-state index contributed by atoms with van der Waals surface area (Å²) in [4.78, 5) is 4.02. The quantitative estimate of drug-likeness (QED) is 0.711. The van der Waals surface area contributed by atoms with Crippen LogP contribution in [0, 0.1) is 0 Å². The SMILES string of the molecule is CCOc1ccc(NC(N)=S)cn1. The molecule has 1 rings (SSSR count). The second-order valence-corrected chi connectivity index (χ2v) is 2.75. The highest BCUT2D eigenvalue weighted by Gasteiger charge is 1.95. The zero-order valence-corrected chi connectivity index (χ0v) is 8.10. The Hall–Kier alpha value is -1.36. The highest BCUT2D eigenvalue weighted by atomic mass is 32.1. The number of hydrogen-bond acceptors (Lipinski definition) is 3. The molecule has 0 aliphatic heterocycles. The predicted octanol–water partition coefficient (Wildman–Crippen LogP) is 1.14. The van der Waals surface area contributed by atoms with E-state index in [1.54, 1.807) is 18.3 Å². The van der Waals surface area contributed by atoms with Gasteiger partial charge in [-0.25, -0.2) is 4.98 Å². The van der Waals surface area contributed by atoms with Crippen LogP contribution < -0.4 is 15.8 Å². The van der Waals surface area contributed by atoms with Crippen LogP contribution in [-0.4, -0.2) is 16.7 Å². The molecule has 0 saturated carbocycles. The van der Waals surface area contributed by atoms with E-state index in [4.69, 9.17) is 10.5 Å². The van der Waals surface area contributed by atoms with Crippen LogP contribution in [0.1, 0.15) is 6.92 Å². The smallest absolute Gasteiger partial charge is 0.213 e. The lowest BCUT2D eigenvalue weighted by atomic mass is 10.4. The number of thiocarbonyl (C=S) groups is 1. The lowest BCUT2D eigenvalue weighted by Crippen LogP contribution is -2.18. The molecule has 0 spiro atoms. The van der Waals surface area contributed by atoms with Crippen molar-refractivity contribution in [1.29, 1.82) is 0 Å². The molecule has 13 heavy (non-hydrogen) atoms. The second kappa shape index (κ2) is 4.61. The van der Waals surface area contributed by atoms with Crippen molar-refractivity contribution in [3.63, 3.8) is 0 Å². The van der Waals surface area contributed by atoms with Gasteiger partial charge in [0, 0.05) is 6.07 Å². The van der Waals surface area contributed by atoms with E-state index in [0.717, 1.165) is 5.69 Å². The number of nitrogens with zero attached hydrogens (tertiary/aromatic N) is 1. The monoisotopic (exact) mass is 197 g/mol. The fraction of sp³-hybridized carbons (Fsp3) is 0.250. The summed E-state index contributed by atoms with van der Waals surface area (Å²) >= 11 is 4.67. The Balaban J connectivity index is 2.64. The first-order valence-corrected chi connectivity index (χ1v) is 4.28. The van der Waals surface area contributed by atoms with Crippen molar-refractivity contribution in [3.05, 3.63) is 18.3 Å². The molecular formula is C8H11N3OS. The molecule has 0 amide bonds. The van der Waals surface area contributed by atoms with Crippen LogP contribution in [0.4, 0.5) is 5.69 Å². The molecule has 70 valence electrons. The minimum atomic E-state index is 0.228. The molecule has 0 atom stereocenters. The van der Waals surface area contributed by atoms with Gasteiger partial charge in [0.2, 0.25) is 5.88 Å². The number of ether oxygens (including phenoxy) is 1. The van der Waals surface area contributed by atoms with Gasteiger partial charge in [0.25, 0.3) is 0 Å². The van der Waals surface area contributed by atoms with Gasteiger partial charge in [0.15, 0.2) is 5.11 Å². The fourth-order valence-corrected chi connectivity index (χ4v) is 0.948. The van der Waals surface area contributed by atoms with Gasteiger partial charge in [-0.3, -0.25) is 0 Å². The van der Waals surface area contributed by atoms with Crippen LogP contribution >= 0.6 is 12.2 Å². The van der Waals surface area contributed by atoms with Gasteiger partial charge in [0.1, 0.15) is 0 Å². The van der Waals surface area contributed by atoms with Crippen molar-refractivity contribution in [3.8, 4) is 5.88 Å². The number of pyridine rings is 1. The molecule has 0 unspecified atom stereocenters. The predicted molar refractivity (Wildman–Crippen MR) is 55.8 cm³/mol. The Morgan fingerprint density at radius 2 is 2.46 bits per heavy atom. The number of anilines is 1. The van der Waals surface area contributed by atoms with E-state index in [1.807, 2.05) is 6.92 Å². The number of rotatable bonds is 3. The molecule has 0 aromatic carbocycles. The Kier molecular flexibility index (Phi) is 3.45. The van der Waals surface area contributed by atoms with Crippen LogP contribution in [0.3, 0.4) is 0 Å². The average Bonchev–Trinajstić information content (AvgIpc) is 2.08. The fourth-order valence-electron chi connectivity index (χ4n) is 0.830. The standard InChI is InChI=1S/C8H11N3OS/c1-2-12-7-4-3-6(5-10-7)11-8(9)13/h3-5H,2H2,1H3,(H3,9,11,13). The van der Waals surface area contributed by atoms with E-state index in [0.29, 0.717) is 12.5 Å². The molecule has 1 aromatic rings. The highest BCUT2D eigenvalue weighted by molar-refractivity contribution is 7.80. The van der Waals surface area contributed by atoms with Crippen molar-refractivity contribution >= 4 is 23.0 Å². The Morgan fingerprint density at radius 1 is 1.69 bits per heavy atom. The average molecular weight is 197 g/mol. The zero-order chi connectivity index (χ0) is 9.68. The van der Waals surface area contributed by atoms with Crippen molar-refractivity contribution in [2.75, 3.05) is 11.9 Å². The summed E-state index contributed by atoms with van der Waals surface area (Å²) in [7, 11) is 0. The first-order chi connectivity index (χ1) is 6.22. The molecule has 0 saturated heterocycles. The Bertz CT molecular complexity index is 286. The topological polar surface area (TPSA) is 60.2 Å². The normalized spacial score (nSPS) is 9.31. The summed E-state index contributed by atoms with van der Waals surface area (Å²) in [6.45, 7) is 2.51. The van der Waals surface area contributed by atoms with Crippen molar-refractivity contribution in [2.45, 2.75) is 6.92 Å². The second-order valence-electron chi connectivity index (χ2n) is 2.31. The first-order valence-electron chi connectivity index (χ1n) is 3.87. The summed E-state index contributed by atoms with van der Waals surface area (Å²) in [5.41, 5.74) is 6.04. The van der Waals surface area contributed by atoms with Gasteiger partial charge in [0.05, 0.1) is 18.5 Å². The van der Waals surface area contributed by atoms with E-state index < -0.39 is 0 Å². The van der Waals surface area contributed by atoms with Crippen molar-refractivity contribution < 1.29 is 4.74 Å². The van der Waals surface area contributed by atoms with Gasteiger partial charge < -0.3 is 15.8 Å². The van der Waals surface area contributed by atoms with Crippen LogP contribution in [0.15, 0.2) is 18.3 Å². The molecular weight excluding hydrogens is 186 g/mol. The van der Waals surface area contributed by atoms with E-state index in [9.17, 15) is 0 Å². The van der Waals surface area contributed by atoms with Gasteiger partial charge in [-0.15, -0.1) is 0 Å². The molecule has 0 aliphatic carbocycles. The summed E-state index contributed by atoms with van der Waals surface area (Å²) in [5, 5.41) is 2.99. The summed E-state index contributed by atoms with van der Waals surface area (Å²) in [6, 6.07) is 3.56. The Morgan fingerprint density at radius 3 is 2.92 bits per heavy atom. The molecule has 4 nitrogen and oxygen atoms in total. The van der Waals surface area contributed by atoms with E-state index in [2.05, 4.69) is 22.5 Å². The van der Waals surface area contributed by atoms with Gasteiger partial charge >= 0.3 is 0 Å².